The SMILES string of the molecule is CCCCc1c(NC(=O)OC)ccc2c1nc(Cc1ccccc1)n2[C@@H]1CCC[C@@H](C(=O)N2CCN(C(=O)OC(C)(C)C)CC2)C1. The average molecular weight is 632 g/mol. The zero-order valence-corrected chi connectivity index (χ0v) is 28.0. The molecule has 0 spiro atoms. The Kier molecular flexibility index (Phi) is 10.5. The number of hydrogen-bond acceptors (Lipinski definition) is 6. The number of aromatic nitrogens is 2. The number of piperazine rings is 1. The Hall–Kier alpha value is -4.08. The summed E-state index contributed by atoms with van der Waals surface area (Å²) in [5.74, 6) is 1.06. The molecule has 46 heavy (non-hydrogen) atoms. The van der Waals surface area contributed by atoms with Gasteiger partial charge in [-0.3, -0.25) is 10.1 Å². The molecule has 3 aromatic rings. The molecule has 1 saturated carbocycles. The summed E-state index contributed by atoms with van der Waals surface area (Å²) in [6.07, 6.45) is 6.15. The molecule has 1 saturated heterocycles. The highest BCUT2D eigenvalue weighted by molar-refractivity contribution is 5.92. The number of unbranched alkanes of at least 4 members (excludes halogenated alkanes) is 1. The van der Waals surface area contributed by atoms with Crippen molar-refractivity contribution >= 4 is 34.8 Å². The Morgan fingerprint density at radius 2 is 1.70 bits per heavy atom. The second-order valence-electron chi connectivity index (χ2n) is 13.5. The predicted octanol–water partition coefficient (Wildman–Crippen LogP) is 6.96. The molecule has 0 radical (unpaired) electrons. The number of imidazole rings is 1. The van der Waals surface area contributed by atoms with Crippen molar-refractivity contribution in [1.29, 1.82) is 0 Å². The van der Waals surface area contributed by atoms with Crippen LogP contribution in [0.4, 0.5) is 15.3 Å². The van der Waals surface area contributed by atoms with Gasteiger partial charge in [-0.1, -0.05) is 50.1 Å². The molecule has 2 fully saturated rings. The summed E-state index contributed by atoms with van der Waals surface area (Å²) in [6.45, 7) is 9.74. The van der Waals surface area contributed by atoms with Gasteiger partial charge in [-0.2, -0.15) is 0 Å². The fraction of sp³-hybridized carbons (Fsp3) is 0.556. The molecule has 1 N–H and O–H groups in total. The minimum atomic E-state index is -0.547. The molecular formula is C36H49N5O5. The van der Waals surface area contributed by atoms with Crippen LogP contribution < -0.4 is 5.32 Å². The van der Waals surface area contributed by atoms with Crippen molar-refractivity contribution in [2.45, 2.75) is 90.7 Å². The van der Waals surface area contributed by atoms with Gasteiger partial charge < -0.3 is 23.8 Å². The first-order valence-corrected chi connectivity index (χ1v) is 16.8. The van der Waals surface area contributed by atoms with Gasteiger partial charge in [-0.15, -0.1) is 0 Å². The van der Waals surface area contributed by atoms with E-state index in [1.807, 2.05) is 49.9 Å². The zero-order valence-electron chi connectivity index (χ0n) is 28.0. The van der Waals surface area contributed by atoms with Gasteiger partial charge in [0, 0.05) is 55.8 Å². The molecule has 2 heterocycles. The monoisotopic (exact) mass is 631 g/mol. The molecule has 2 atom stereocenters. The number of methoxy groups -OCH3 is 1. The third-order valence-corrected chi connectivity index (χ3v) is 9.05. The second-order valence-corrected chi connectivity index (χ2v) is 13.5. The molecule has 0 unspecified atom stereocenters. The number of carbonyl (C=O) groups is 3. The third-order valence-electron chi connectivity index (χ3n) is 9.05. The number of hydrogen-bond donors (Lipinski definition) is 1. The van der Waals surface area contributed by atoms with Crippen LogP contribution in [0.15, 0.2) is 42.5 Å². The number of nitrogens with zero attached hydrogens (tertiary/aromatic N) is 4. The standard InChI is InChI=1S/C36H49N5O5/c1-6-7-16-28-29(37-34(43)45-5)17-18-30-32(28)38-31(23-25-12-9-8-10-13-25)41(30)27-15-11-14-26(24-27)33(42)39-19-21-40(22-20-39)35(44)46-36(2,3)4/h8-10,12-13,17-18,26-27H,6-7,11,14-16,19-24H2,1-5H3,(H,37,43)/t26-,27-/m1/s1. The highest BCUT2D eigenvalue weighted by Gasteiger charge is 2.35. The van der Waals surface area contributed by atoms with Crippen LogP contribution in [0.5, 0.6) is 0 Å². The predicted molar refractivity (Wildman–Crippen MR) is 179 cm³/mol. The van der Waals surface area contributed by atoms with E-state index >= 15 is 0 Å². The van der Waals surface area contributed by atoms with E-state index in [0.29, 0.717) is 32.6 Å². The molecule has 0 bridgehead atoms. The van der Waals surface area contributed by atoms with Gasteiger partial charge in [-0.25, -0.2) is 14.6 Å². The number of nitrogens with one attached hydrogen (secondary N) is 1. The second kappa shape index (κ2) is 14.6. The minimum absolute atomic E-state index is 0.0892. The lowest BCUT2D eigenvalue weighted by Gasteiger charge is -2.38. The molecule has 10 nitrogen and oxygen atoms in total. The number of amides is 3. The Bertz CT molecular complexity index is 1520. The summed E-state index contributed by atoms with van der Waals surface area (Å²) in [5, 5.41) is 2.91. The van der Waals surface area contributed by atoms with E-state index in [-0.39, 0.29) is 24.0 Å². The van der Waals surface area contributed by atoms with Gasteiger partial charge in [0.15, 0.2) is 0 Å². The number of ether oxygens (including phenoxy) is 2. The van der Waals surface area contributed by atoms with Crippen LogP contribution in [0.25, 0.3) is 11.0 Å². The van der Waals surface area contributed by atoms with Crippen LogP contribution in [0.3, 0.4) is 0 Å². The van der Waals surface area contributed by atoms with Gasteiger partial charge in [0.05, 0.1) is 18.1 Å². The Balaban J connectivity index is 1.41. The van der Waals surface area contributed by atoms with Crippen LogP contribution in [0.2, 0.25) is 0 Å². The highest BCUT2D eigenvalue weighted by atomic mass is 16.6. The first-order valence-electron chi connectivity index (χ1n) is 16.8. The third kappa shape index (κ3) is 7.82. The maximum Gasteiger partial charge on any atom is 0.411 e. The van der Waals surface area contributed by atoms with E-state index in [1.165, 1.54) is 12.7 Å². The summed E-state index contributed by atoms with van der Waals surface area (Å²) in [5.41, 5.74) is 4.31. The molecule has 2 aromatic carbocycles. The fourth-order valence-corrected chi connectivity index (χ4v) is 6.78. The van der Waals surface area contributed by atoms with Crippen LogP contribution in [0, 0.1) is 5.92 Å². The Labute approximate surface area is 272 Å². The lowest BCUT2D eigenvalue weighted by Crippen LogP contribution is -2.53. The fourth-order valence-electron chi connectivity index (χ4n) is 6.78. The molecule has 2 aliphatic rings. The largest absolute Gasteiger partial charge is 0.453 e. The number of benzene rings is 2. The van der Waals surface area contributed by atoms with Crippen molar-refractivity contribution in [1.82, 2.24) is 19.4 Å². The highest BCUT2D eigenvalue weighted by Crippen LogP contribution is 2.39. The van der Waals surface area contributed by atoms with Crippen molar-refractivity contribution < 1.29 is 23.9 Å². The van der Waals surface area contributed by atoms with Gasteiger partial charge in [0.25, 0.3) is 0 Å². The molecule has 3 amide bonds. The van der Waals surface area contributed by atoms with Crippen LogP contribution in [-0.4, -0.2) is 76.3 Å². The lowest BCUT2D eigenvalue weighted by atomic mass is 9.84. The van der Waals surface area contributed by atoms with Crippen molar-refractivity contribution in [3.05, 3.63) is 59.4 Å². The summed E-state index contributed by atoms with van der Waals surface area (Å²) >= 11 is 0. The summed E-state index contributed by atoms with van der Waals surface area (Å²) in [6, 6.07) is 14.5. The van der Waals surface area contributed by atoms with Crippen molar-refractivity contribution in [2.24, 2.45) is 5.92 Å². The van der Waals surface area contributed by atoms with Crippen molar-refractivity contribution in [3.8, 4) is 0 Å². The zero-order chi connectivity index (χ0) is 32.8. The topological polar surface area (TPSA) is 106 Å². The van der Waals surface area contributed by atoms with E-state index in [9.17, 15) is 14.4 Å². The first-order chi connectivity index (χ1) is 22.1. The molecule has 10 heteroatoms. The van der Waals surface area contributed by atoms with Gasteiger partial charge >= 0.3 is 12.2 Å². The smallest absolute Gasteiger partial charge is 0.411 e. The summed E-state index contributed by atoms with van der Waals surface area (Å²) in [4.78, 5) is 47.6. The Morgan fingerprint density at radius 1 is 0.978 bits per heavy atom. The van der Waals surface area contributed by atoms with E-state index in [2.05, 4.69) is 35.0 Å². The normalized spacial score (nSPS) is 18.8. The van der Waals surface area contributed by atoms with Crippen LogP contribution in [-0.2, 0) is 27.1 Å². The molecule has 1 aliphatic heterocycles. The molecule has 1 aliphatic carbocycles. The number of fused-ring (bicyclic) bond motifs is 1. The quantitative estimate of drug-likeness (QED) is 0.288. The van der Waals surface area contributed by atoms with Gasteiger partial charge in [0.1, 0.15) is 11.4 Å². The van der Waals surface area contributed by atoms with Crippen molar-refractivity contribution in [2.75, 3.05) is 38.6 Å². The molecule has 5 rings (SSSR count). The number of aryl methyl sites for hydroxylation is 1. The van der Waals surface area contributed by atoms with E-state index < -0.39 is 11.7 Å². The first kappa shape index (κ1) is 33.3. The van der Waals surface area contributed by atoms with Gasteiger partial charge in [0.2, 0.25) is 5.91 Å². The lowest BCUT2D eigenvalue weighted by molar-refractivity contribution is -0.138. The molecule has 248 valence electrons. The summed E-state index contributed by atoms with van der Waals surface area (Å²) < 4.78 is 12.8. The van der Waals surface area contributed by atoms with E-state index in [4.69, 9.17) is 14.5 Å². The van der Waals surface area contributed by atoms with Crippen molar-refractivity contribution in [3.63, 3.8) is 0 Å². The maximum absolute atomic E-state index is 13.9. The van der Waals surface area contributed by atoms with E-state index in [1.54, 1.807) is 4.90 Å². The van der Waals surface area contributed by atoms with Gasteiger partial charge in [-0.05, 0) is 70.6 Å². The number of anilines is 1. The van der Waals surface area contributed by atoms with Crippen LogP contribution >= 0.6 is 0 Å². The maximum atomic E-state index is 13.9. The minimum Gasteiger partial charge on any atom is -0.453 e. The summed E-state index contributed by atoms with van der Waals surface area (Å²) in [7, 11) is 1.37. The number of carbonyl (C=O) groups excluding carboxylic acids is 3. The van der Waals surface area contributed by atoms with E-state index in [0.717, 1.165) is 73.1 Å². The average Bonchev–Trinajstić information content (AvgIpc) is 3.41. The van der Waals surface area contributed by atoms with Crippen LogP contribution in [0.1, 0.15) is 89.2 Å². The molecule has 1 aromatic heterocycles. The molecular weight excluding hydrogens is 582 g/mol. The Morgan fingerprint density at radius 3 is 2.37 bits per heavy atom. The number of rotatable bonds is 8.